The SMILES string of the molecule is Cc1oc(CN)cc1S(=O)(=O)Nc1c(Cl)cccc1Cl. The number of aryl methyl sites for hydroxylation is 1. The van der Waals surface area contributed by atoms with E-state index in [1.54, 1.807) is 25.1 Å². The second-order valence-corrected chi connectivity index (χ2v) is 6.50. The normalized spacial score (nSPS) is 11.6. The molecule has 108 valence electrons. The molecule has 2 rings (SSSR count). The summed E-state index contributed by atoms with van der Waals surface area (Å²) in [5.41, 5.74) is 5.56. The van der Waals surface area contributed by atoms with Crippen molar-refractivity contribution in [3.8, 4) is 0 Å². The lowest BCUT2D eigenvalue weighted by molar-refractivity contribution is 0.479. The van der Waals surface area contributed by atoms with Crippen LogP contribution in [0.25, 0.3) is 0 Å². The molecular weight excluding hydrogens is 323 g/mol. The maximum absolute atomic E-state index is 12.3. The first-order valence-corrected chi connectivity index (χ1v) is 7.85. The molecule has 0 spiro atoms. The van der Waals surface area contributed by atoms with Crippen molar-refractivity contribution in [1.29, 1.82) is 0 Å². The summed E-state index contributed by atoms with van der Waals surface area (Å²) >= 11 is 11.9. The molecule has 0 radical (unpaired) electrons. The van der Waals surface area contributed by atoms with Gasteiger partial charge in [0.15, 0.2) is 0 Å². The molecule has 2 aromatic rings. The van der Waals surface area contributed by atoms with Gasteiger partial charge in [0.05, 0.1) is 22.3 Å². The van der Waals surface area contributed by atoms with Crippen LogP contribution < -0.4 is 10.5 Å². The molecule has 0 atom stereocenters. The number of nitrogens with two attached hydrogens (primary N) is 1. The number of rotatable bonds is 4. The molecule has 3 N–H and O–H groups in total. The van der Waals surface area contributed by atoms with Crippen molar-refractivity contribution in [2.75, 3.05) is 4.72 Å². The summed E-state index contributed by atoms with van der Waals surface area (Å²) in [4.78, 5) is 0.00827. The van der Waals surface area contributed by atoms with Gasteiger partial charge in [0.2, 0.25) is 0 Å². The zero-order valence-corrected chi connectivity index (χ0v) is 12.8. The summed E-state index contributed by atoms with van der Waals surface area (Å²) in [5.74, 6) is 0.634. The fourth-order valence-corrected chi connectivity index (χ4v) is 3.59. The average Bonchev–Trinajstić information content (AvgIpc) is 2.76. The summed E-state index contributed by atoms with van der Waals surface area (Å²) in [6.45, 7) is 1.66. The van der Waals surface area contributed by atoms with Crippen LogP contribution in [-0.4, -0.2) is 8.42 Å². The summed E-state index contributed by atoms with van der Waals surface area (Å²) in [5, 5.41) is 0.419. The Kier molecular flexibility index (Phi) is 4.29. The number of halogens is 2. The Hall–Kier alpha value is -1.21. The van der Waals surface area contributed by atoms with E-state index in [9.17, 15) is 8.42 Å². The molecule has 0 aliphatic heterocycles. The minimum Gasteiger partial charge on any atom is -0.464 e. The molecule has 0 amide bonds. The van der Waals surface area contributed by atoms with Gasteiger partial charge in [-0.15, -0.1) is 0 Å². The van der Waals surface area contributed by atoms with Crippen molar-refractivity contribution in [2.45, 2.75) is 18.4 Å². The molecule has 0 fully saturated rings. The Morgan fingerprint density at radius 2 is 1.90 bits per heavy atom. The van der Waals surface area contributed by atoms with Crippen LogP contribution in [0.4, 0.5) is 5.69 Å². The van der Waals surface area contributed by atoms with Crippen molar-refractivity contribution in [3.63, 3.8) is 0 Å². The van der Waals surface area contributed by atoms with Crippen molar-refractivity contribution in [2.24, 2.45) is 5.73 Å². The van der Waals surface area contributed by atoms with Crippen LogP contribution in [0.2, 0.25) is 10.0 Å². The van der Waals surface area contributed by atoms with Gasteiger partial charge in [-0.25, -0.2) is 8.42 Å². The fourth-order valence-electron chi connectivity index (χ4n) is 1.68. The Labute approximate surface area is 126 Å². The highest BCUT2D eigenvalue weighted by Crippen LogP contribution is 2.32. The van der Waals surface area contributed by atoms with E-state index in [-0.39, 0.29) is 32.9 Å². The van der Waals surface area contributed by atoms with Gasteiger partial charge >= 0.3 is 0 Å². The minimum atomic E-state index is -3.85. The van der Waals surface area contributed by atoms with Crippen LogP contribution in [0.15, 0.2) is 33.6 Å². The molecule has 5 nitrogen and oxygen atoms in total. The predicted molar refractivity (Wildman–Crippen MR) is 78.6 cm³/mol. The molecule has 20 heavy (non-hydrogen) atoms. The third kappa shape index (κ3) is 2.93. The molecule has 0 unspecified atom stereocenters. The Morgan fingerprint density at radius 1 is 1.30 bits per heavy atom. The molecule has 0 aliphatic rings. The minimum absolute atomic E-state index is 0.00827. The predicted octanol–water partition coefficient (Wildman–Crippen LogP) is 3.15. The van der Waals surface area contributed by atoms with Crippen molar-refractivity contribution in [3.05, 3.63) is 45.8 Å². The Balaban J connectivity index is 2.43. The maximum atomic E-state index is 12.3. The first-order chi connectivity index (χ1) is 9.35. The highest BCUT2D eigenvalue weighted by atomic mass is 35.5. The third-order valence-electron chi connectivity index (χ3n) is 2.61. The summed E-state index contributed by atoms with van der Waals surface area (Å²) < 4.78 is 32.2. The van der Waals surface area contributed by atoms with Crippen molar-refractivity contribution in [1.82, 2.24) is 0 Å². The molecule has 1 aromatic carbocycles. The van der Waals surface area contributed by atoms with E-state index < -0.39 is 10.0 Å². The molecule has 1 aromatic heterocycles. The third-order valence-corrected chi connectivity index (χ3v) is 4.70. The maximum Gasteiger partial charge on any atom is 0.265 e. The lowest BCUT2D eigenvalue weighted by atomic mass is 10.3. The number of benzene rings is 1. The molecule has 1 heterocycles. The topological polar surface area (TPSA) is 85.3 Å². The fraction of sp³-hybridized carbons (Fsp3) is 0.167. The van der Waals surface area contributed by atoms with E-state index in [1.165, 1.54) is 6.07 Å². The van der Waals surface area contributed by atoms with E-state index >= 15 is 0 Å². The first-order valence-electron chi connectivity index (χ1n) is 5.61. The van der Waals surface area contributed by atoms with Crippen LogP contribution in [0.5, 0.6) is 0 Å². The van der Waals surface area contributed by atoms with Gasteiger partial charge in [-0.05, 0) is 19.1 Å². The zero-order valence-electron chi connectivity index (χ0n) is 10.5. The number of hydrogen-bond acceptors (Lipinski definition) is 4. The second-order valence-electron chi connectivity index (χ2n) is 4.04. The Morgan fingerprint density at radius 3 is 2.40 bits per heavy atom. The van der Waals surface area contributed by atoms with Gasteiger partial charge in [0.1, 0.15) is 16.4 Å². The van der Waals surface area contributed by atoms with Gasteiger partial charge in [0, 0.05) is 6.07 Å². The van der Waals surface area contributed by atoms with E-state index in [4.69, 9.17) is 33.4 Å². The summed E-state index contributed by atoms with van der Waals surface area (Å²) in [6.07, 6.45) is 0. The number of furan rings is 1. The highest BCUT2D eigenvalue weighted by Gasteiger charge is 2.23. The molecular formula is C12H12Cl2N2O3S. The van der Waals surface area contributed by atoms with Crippen LogP contribution >= 0.6 is 23.2 Å². The molecule has 0 bridgehead atoms. The van der Waals surface area contributed by atoms with Gasteiger partial charge in [-0.2, -0.15) is 0 Å². The zero-order chi connectivity index (χ0) is 14.9. The quantitative estimate of drug-likeness (QED) is 0.899. The van der Waals surface area contributed by atoms with Gasteiger partial charge in [-0.1, -0.05) is 29.3 Å². The number of para-hydroxylation sites is 1. The van der Waals surface area contributed by atoms with Crippen LogP contribution in [0.3, 0.4) is 0 Å². The van der Waals surface area contributed by atoms with Crippen molar-refractivity contribution < 1.29 is 12.8 Å². The molecule has 0 saturated heterocycles. The molecule has 0 aliphatic carbocycles. The van der Waals surface area contributed by atoms with Gasteiger partial charge in [0.25, 0.3) is 10.0 Å². The summed E-state index contributed by atoms with van der Waals surface area (Å²) in [6, 6.07) is 6.08. The smallest absolute Gasteiger partial charge is 0.265 e. The monoisotopic (exact) mass is 334 g/mol. The van der Waals surface area contributed by atoms with Crippen molar-refractivity contribution >= 4 is 38.9 Å². The van der Waals surface area contributed by atoms with E-state index in [0.717, 1.165) is 0 Å². The van der Waals surface area contributed by atoms with E-state index in [2.05, 4.69) is 4.72 Å². The second kappa shape index (κ2) is 5.65. The number of nitrogens with one attached hydrogen (secondary N) is 1. The van der Waals surface area contributed by atoms with Crippen LogP contribution in [0, 0.1) is 6.92 Å². The van der Waals surface area contributed by atoms with Gasteiger partial charge < -0.3 is 10.2 Å². The standard InChI is InChI=1S/C12H12Cl2N2O3S/c1-7-11(5-8(6-15)19-7)20(17,18)16-12-9(13)3-2-4-10(12)14/h2-5,16H,6,15H2,1H3. The average molecular weight is 335 g/mol. The lowest BCUT2D eigenvalue weighted by Gasteiger charge is -2.10. The highest BCUT2D eigenvalue weighted by molar-refractivity contribution is 7.92. The van der Waals surface area contributed by atoms with E-state index in [1.807, 2.05) is 0 Å². The van der Waals surface area contributed by atoms with E-state index in [0.29, 0.717) is 5.76 Å². The molecule has 8 heteroatoms. The molecule has 0 saturated carbocycles. The lowest BCUT2D eigenvalue weighted by Crippen LogP contribution is -2.14. The number of sulfonamides is 1. The van der Waals surface area contributed by atoms with Gasteiger partial charge in [-0.3, -0.25) is 4.72 Å². The largest absolute Gasteiger partial charge is 0.464 e. The number of anilines is 1. The number of hydrogen-bond donors (Lipinski definition) is 2. The summed E-state index contributed by atoms with van der Waals surface area (Å²) in [7, 11) is -3.85. The van der Waals surface area contributed by atoms with Crippen LogP contribution in [0.1, 0.15) is 11.5 Å². The van der Waals surface area contributed by atoms with Crippen LogP contribution in [-0.2, 0) is 16.6 Å². The first kappa shape index (κ1) is 15.2. The Bertz CT molecular complexity index is 721.